The van der Waals surface area contributed by atoms with E-state index < -0.39 is 29.4 Å². The highest BCUT2D eigenvalue weighted by atomic mass is 16.6. The number of carbonyl (C=O) groups is 3. The Hall–Kier alpha value is -4.01. The molecule has 0 saturated heterocycles. The van der Waals surface area contributed by atoms with Gasteiger partial charge in [0.15, 0.2) is 6.61 Å². The molecule has 2 N–H and O–H groups in total. The summed E-state index contributed by atoms with van der Waals surface area (Å²) in [6, 6.07) is 10.4. The maximum atomic E-state index is 11.9. The van der Waals surface area contributed by atoms with Gasteiger partial charge in [0, 0.05) is 17.8 Å². The molecule has 29 heavy (non-hydrogen) atoms. The SMILES string of the molecule is Cc1cccc(NC(=O)NC(=O)COC(=O)/C=C/c2ccccc2[N+](=O)[O-])c1C. The molecule has 150 valence electrons. The Kier molecular flexibility index (Phi) is 7.19. The lowest BCUT2D eigenvalue weighted by atomic mass is 10.1. The van der Waals surface area contributed by atoms with Crippen molar-refractivity contribution in [1.82, 2.24) is 5.32 Å². The Labute approximate surface area is 166 Å². The van der Waals surface area contributed by atoms with E-state index in [1.165, 1.54) is 24.3 Å². The number of esters is 1. The monoisotopic (exact) mass is 397 g/mol. The zero-order chi connectivity index (χ0) is 21.4. The number of hydrogen-bond acceptors (Lipinski definition) is 6. The normalized spacial score (nSPS) is 10.4. The minimum Gasteiger partial charge on any atom is -0.452 e. The number of ether oxygens (including phenoxy) is 1. The van der Waals surface area contributed by atoms with Gasteiger partial charge in [-0.1, -0.05) is 24.3 Å². The Morgan fingerprint density at radius 2 is 1.83 bits per heavy atom. The molecule has 0 aliphatic rings. The number of aryl methyl sites for hydroxylation is 1. The Morgan fingerprint density at radius 1 is 1.10 bits per heavy atom. The van der Waals surface area contributed by atoms with E-state index in [0.29, 0.717) is 5.69 Å². The van der Waals surface area contributed by atoms with Crippen LogP contribution in [0.15, 0.2) is 48.5 Å². The topological polar surface area (TPSA) is 128 Å². The summed E-state index contributed by atoms with van der Waals surface area (Å²) in [4.78, 5) is 45.7. The van der Waals surface area contributed by atoms with Gasteiger partial charge in [0.25, 0.3) is 11.6 Å². The summed E-state index contributed by atoms with van der Waals surface area (Å²) in [6.07, 6.45) is 2.18. The highest BCUT2D eigenvalue weighted by Gasteiger charge is 2.13. The van der Waals surface area contributed by atoms with Gasteiger partial charge in [-0.2, -0.15) is 0 Å². The predicted molar refractivity (Wildman–Crippen MR) is 106 cm³/mol. The molecule has 0 fully saturated rings. The Morgan fingerprint density at radius 3 is 2.55 bits per heavy atom. The van der Waals surface area contributed by atoms with Crippen molar-refractivity contribution >= 4 is 35.4 Å². The molecule has 0 spiro atoms. The number of anilines is 1. The first-order chi connectivity index (χ1) is 13.8. The van der Waals surface area contributed by atoms with E-state index in [2.05, 4.69) is 5.32 Å². The van der Waals surface area contributed by atoms with E-state index in [1.54, 1.807) is 18.2 Å². The van der Waals surface area contributed by atoms with Gasteiger partial charge in [-0.05, 0) is 43.2 Å². The molecule has 0 bridgehead atoms. The fraction of sp³-hybridized carbons (Fsp3) is 0.150. The Bertz CT molecular complexity index is 984. The summed E-state index contributed by atoms with van der Waals surface area (Å²) >= 11 is 0. The van der Waals surface area contributed by atoms with Crippen molar-refractivity contribution in [2.24, 2.45) is 0 Å². The smallest absolute Gasteiger partial charge is 0.331 e. The van der Waals surface area contributed by atoms with Crippen LogP contribution in [-0.4, -0.2) is 29.4 Å². The molecule has 0 aliphatic carbocycles. The lowest BCUT2D eigenvalue weighted by molar-refractivity contribution is -0.385. The zero-order valence-electron chi connectivity index (χ0n) is 15.8. The number of para-hydroxylation sites is 1. The fourth-order valence-corrected chi connectivity index (χ4v) is 2.34. The second-order valence-corrected chi connectivity index (χ2v) is 6.01. The fourth-order valence-electron chi connectivity index (χ4n) is 2.34. The first-order valence-electron chi connectivity index (χ1n) is 8.53. The second-order valence-electron chi connectivity index (χ2n) is 6.01. The third-order valence-corrected chi connectivity index (χ3v) is 3.98. The minimum atomic E-state index is -0.881. The van der Waals surface area contributed by atoms with E-state index in [4.69, 9.17) is 4.74 Å². The van der Waals surface area contributed by atoms with Crippen molar-refractivity contribution < 1.29 is 24.0 Å². The van der Waals surface area contributed by atoms with Gasteiger partial charge >= 0.3 is 12.0 Å². The molecule has 0 saturated carbocycles. The molecule has 0 aliphatic heterocycles. The number of nitrogens with zero attached hydrogens (tertiary/aromatic N) is 1. The summed E-state index contributed by atoms with van der Waals surface area (Å²) < 4.78 is 4.73. The molecule has 0 unspecified atom stereocenters. The average molecular weight is 397 g/mol. The summed E-state index contributed by atoms with van der Waals surface area (Å²) in [7, 11) is 0. The summed E-state index contributed by atoms with van der Waals surface area (Å²) in [5, 5.41) is 15.5. The Balaban J connectivity index is 1.84. The van der Waals surface area contributed by atoms with Crippen molar-refractivity contribution in [2.75, 3.05) is 11.9 Å². The van der Waals surface area contributed by atoms with E-state index in [0.717, 1.165) is 17.2 Å². The molecule has 0 radical (unpaired) electrons. The van der Waals surface area contributed by atoms with Gasteiger partial charge in [-0.15, -0.1) is 0 Å². The maximum Gasteiger partial charge on any atom is 0.331 e. The first-order valence-corrected chi connectivity index (χ1v) is 8.53. The number of carbonyl (C=O) groups excluding carboxylic acids is 3. The molecule has 2 aromatic carbocycles. The number of benzene rings is 2. The van der Waals surface area contributed by atoms with E-state index >= 15 is 0 Å². The molecular formula is C20H19N3O6. The largest absolute Gasteiger partial charge is 0.452 e. The summed E-state index contributed by atoms with van der Waals surface area (Å²) in [5.74, 6) is -1.70. The van der Waals surface area contributed by atoms with Crippen LogP contribution in [0, 0.1) is 24.0 Å². The highest BCUT2D eigenvalue weighted by molar-refractivity contribution is 6.02. The van der Waals surface area contributed by atoms with E-state index in [-0.39, 0.29) is 11.3 Å². The lowest BCUT2D eigenvalue weighted by Gasteiger charge is -2.10. The van der Waals surface area contributed by atoms with Gasteiger partial charge in [0.1, 0.15) is 0 Å². The van der Waals surface area contributed by atoms with E-state index in [1.807, 2.05) is 25.2 Å². The van der Waals surface area contributed by atoms with Crippen molar-refractivity contribution in [3.05, 3.63) is 75.3 Å². The van der Waals surface area contributed by atoms with Crippen LogP contribution in [0.1, 0.15) is 16.7 Å². The first kappa shape index (κ1) is 21.3. The third-order valence-electron chi connectivity index (χ3n) is 3.98. The number of nitro groups is 1. The predicted octanol–water partition coefficient (Wildman–Crippen LogP) is 3.12. The quantitative estimate of drug-likeness (QED) is 0.334. The molecule has 0 aromatic heterocycles. The standard InChI is InChI=1S/C20H19N3O6/c1-13-6-5-8-16(14(13)2)21-20(26)22-18(24)12-29-19(25)11-10-15-7-3-4-9-17(15)23(27)28/h3-11H,12H2,1-2H3,(H2,21,22,24,26)/b11-10+. The van der Waals surface area contributed by atoms with Crippen LogP contribution in [0.3, 0.4) is 0 Å². The number of rotatable bonds is 6. The van der Waals surface area contributed by atoms with Gasteiger partial charge in [0.05, 0.1) is 10.5 Å². The maximum absolute atomic E-state index is 11.9. The van der Waals surface area contributed by atoms with Crippen LogP contribution in [0.4, 0.5) is 16.2 Å². The van der Waals surface area contributed by atoms with Crippen molar-refractivity contribution in [3.8, 4) is 0 Å². The van der Waals surface area contributed by atoms with Crippen molar-refractivity contribution in [1.29, 1.82) is 0 Å². The average Bonchev–Trinajstić information content (AvgIpc) is 2.68. The van der Waals surface area contributed by atoms with Crippen LogP contribution < -0.4 is 10.6 Å². The summed E-state index contributed by atoms with van der Waals surface area (Å²) in [5.41, 5.74) is 2.44. The zero-order valence-corrected chi connectivity index (χ0v) is 15.8. The number of imide groups is 1. The number of amides is 3. The van der Waals surface area contributed by atoms with Crippen LogP contribution in [-0.2, 0) is 14.3 Å². The van der Waals surface area contributed by atoms with Crippen LogP contribution in [0.25, 0.3) is 6.08 Å². The molecule has 3 amide bonds. The van der Waals surface area contributed by atoms with Gasteiger partial charge in [-0.25, -0.2) is 9.59 Å². The summed E-state index contributed by atoms with van der Waals surface area (Å²) in [6.45, 7) is 3.04. The molecule has 2 aromatic rings. The number of urea groups is 1. The third kappa shape index (κ3) is 6.28. The minimum absolute atomic E-state index is 0.169. The van der Waals surface area contributed by atoms with Gasteiger partial charge in [0.2, 0.25) is 0 Å². The van der Waals surface area contributed by atoms with Gasteiger partial charge in [-0.3, -0.25) is 20.2 Å². The van der Waals surface area contributed by atoms with Gasteiger partial charge < -0.3 is 10.1 Å². The second kappa shape index (κ2) is 9.79. The van der Waals surface area contributed by atoms with Crippen LogP contribution >= 0.6 is 0 Å². The molecule has 2 rings (SSSR count). The lowest BCUT2D eigenvalue weighted by Crippen LogP contribution is -2.37. The number of nitro benzene ring substituents is 1. The van der Waals surface area contributed by atoms with Crippen molar-refractivity contribution in [3.63, 3.8) is 0 Å². The molecule has 0 atom stereocenters. The molecule has 0 heterocycles. The van der Waals surface area contributed by atoms with Crippen molar-refractivity contribution in [2.45, 2.75) is 13.8 Å². The molecule has 9 heteroatoms. The molecular weight excluding hydrogens is 378 g/mol. The highest BCUT2D eigenvalue weighted by Crippen LogP contribution is 2.19. The number of nitrogens with one attached hydrogen (secondary N) is 2. The number of hydrogen-bond donors (Lipinski definition) is 2. The van der Waals surface area contributed by atoms with Crippen LogP contribution in [0.5, 0.6) is 0 Å². The molecule has 9 nitrogen and oxygen atoms in total. The van der Waals surface area contributed by atoms with E-state index in [9.17, 15) is 24.5 Å². The van der Waals surface area contributed by atoms with Crippen LogP contribution in [0.2, 0.25) is 0 Å².